The van der Waals surface area contributed by atoms with E-state index in [9.17, 15) is 18.3 Å². The molecule has 0 bridgehead atoms. The van der Waals surface area contributed by atoms with Gasteiger partial charge < -0.3 is 10.2 Å². The van der Waals surface area contributed by atoms with Crippen molar-refractivity contribution in [1.82, 2.24) is 4.89 Å². The molecule has 0 heterocycles. The molecule has 1 aliphatic carbocycles. The van der Waals surface area contributed by atoms with Crippen LogP contribution in [0.4, 0.5) is 0 Å². The smallest absolute Gasteiger partial charge is 0.339 e. The second-order valence-corrected chi connectivity index (χ2v) is 6.66. The molecule has 0 amide bonds. The summed E-state index contributed by atoms with van der Waals surface area (Å²) in [6, 6.07) is 2.03. The van der Waals surface area contributed by atoms with Crippen molar-refractivity contribution in [1.29, 1.82) is 0 Å². The maximum absolute atomic E-state index is 12.2. The number of rotatable bonds is 5. The minimum atomic E-state index is -4.00. The number of hydrogen-bond acceptors (Lipinski definition) is 5. The molecule has 2 rings (SSSR count). The molecule has 1 aromatic rings. The molecular weight excluding hydrogens is 298 g/mol. The first-order valence-corrected chi connectivity index (χ1v) is 8.04. The van der Waals surface area contributed by atoms with Gasteiger partial charge in [-0.1, -0.05) is 17.7 Å². The van der Waals surface area contributed by atoms with Gasteiger partial charge in [-0.25, -0.2) is 13.2 Å². The highest BCUT2D eigenvalue weighted by atomic mass is 32.2. The second kappa shape index (κ2) is 6.00. The lowest BCUT2D eigenvalue weighted by atomic mass is 10.1. The first kappa shape index (κ1) is 15.7. The van der Waals surface area contributed by atoms with E-state index in [0.29, 0.717) is 0 Å². The third kappa shape index (κ3) is 3.52. The van der Waals surface area contributed by atoms with Gasteiger partial charge >= 0.3 is 5.97 Å². The minimum Gasteiger partial charge on any atom is -0.507 e. The first-order chi connectivity index (χ1) is 9.81. The minimum absolute atomic E-state index is 0.156. The van der Waals surface area contributed by atoms with E-state index >= 15 is 0 Å². The Balaban J connectivity index is 2.26. The highest BCUT2D eigenvalue weighted by Gasteiger charge is 2.24. The molecule has 0 saturated heterocycles. The number of nitrogens with one attached hydrogen (secondary N) is 1. The molecule has 116 valence electrons. The zero-order valence-corrected chi connectivity index (χ0v) is 12.3. The number of aromatic hydroxyl groups is 1. The lowest BCUT2D eigenvalue weighted by Gasteiger charge is -2.14. The third-order valence-corrected chi connectivity index (χ3v) is 4.77. The Labute approximate surface area is 122 Å². The SMILES string of the molecule is Cc1cc(O)c(C(=O)O)cc1S(=O)(=O)NOC1CCCC1. The Hall–Kier alpha value is -1.64. The Kier molecular flexibility index (Phi) is 4.50. The molecular formula is C13H17NO6S. The number of carboxylic acids is 1. The fraction of sp³-hybridized carbons (Fsp3) is 0.462. The molecule has 1 saturated carbocycles. The maximum Gasteiger partial charge on any atom is 0.339 e. The molecule has 0 spiro atoms. The second-order valence-electron chi connectivity index (χ2n) is 5.05. The van der Waals surface area contributed by atoms with Crippen LogP contribution in [-0.2, 0) is 14.9 Å². The summed E-state index contributed by atoms with van der Waals surface area (Å²) < 4.78 is 24.4. The summed E-state index contributed by atoms with van der Waals surface area (Å²) >= 11 is 0. The van der Waals surface area contributed by atoms with E-state index < -0.39 is 27.3 Å². The van der Waals surface area contributed by atoms with Crippen LogP contribution in [0.2, 0.25) is 0 Å². The standard InChI is InChI=1S/C13H17NO6S/c1-8-6-11(15)10(13(16)17)7-12(8)21(18,19)14-20-9-4-2-3-5-9/h6-7,9,14-15H,2-5H2,1H3,(H,16,17). The van der Waals surface area contributed by atoms with E-state index in [2.05, 4.69) is 0 Å². The number of benzene rings is 1. The summed E-state index contributed by atoms with van der Waals surface area (Å²) in [5, 5.41) is 18.5. The first-order valence-electron chi connectivity index (χ1n) is 6.55. The highest BCUT2D eigenvalue weighted by Crippen LogP contribution is 2.26. The van der Waals surface area contributed by atoms with Gasteiger partial charge in [0, 0.05) is 0 Å². The molecule has 0 atom stereocenters. The van der Waals surface area contributed by atoms with E-state index in [4.69, 9.17) is 9.94 Å². The fourth-order valence-corrected chi connectivity index (χ4v) is 3.42. The van der Waals surface area contributed by atoms with E-state index in [1.54, 1.807) is 0 Å². The normalized spacial score (nSPS) is 16.2. The van der Waals surface area contributed by atoms with E-state index in [1.807, 2.05) is 4.89 Å². The van der Waals surface area contributed by atoms with E-state index in [1.165, 1.54) is 6.92 Å². The number of hydrogen-bond donors (Lipinski definition) is 3. The van der Waals surface area contributed by atoms with Gasteiger partial charge in [-0.15, -0.1) is 0 Å². The van der Waals surface area contributed by atoms with Crippen LogP contribution < -0.4 is 4.89 Å². The third-order valence-electron chi connectivity index (χ3n) is 3.44. The topological polar surface area (TPSA) is 113 Å². The molecule has 8 heteroatoms. The van der Waals surface area contributed by atoms with Crippen molar-refractivity contribution in [2.45, 2.75) is 43.6 Å². The summed E-state index contributed by atoms with van der Waals surface area (Å²) in [6.45, 7) is 1.47. The van der Waals surface area contributed by atoms with E-state index in [-0.39, 0.29) is 16.6 Å². The number of aromatic carboxylic acids is 1. The van der Waals surface area contributed by atoms with Crippen molar-refractivity contribution >= 4 is 16.0 Å². The summed E-state index contributed by atoms with van der Waals surface area (Å²) in [4.78, 5) is 17.9. The van der Waals surface area contributed by atoms with E-state index in [0.717, 1.165) is 37.8 Å². The summed E-state index contributed by atoms with van der Waals surface area (Å²) in [7, 11) is -4.00. The largest absolute Gasteiger partial charge is 0.507 e. The van der Waals surface area contributed by atoms with Crippen LogP contribution in [-0.4, -0.2) is 30.7 Å². The molecule has 3 N–H and O–H groups in total. The summed E-state index contributed by atoms with van der Waals surface area (Å²) in [5.41, 5.74) is -0.234. The van der Waals surface area contributed by atoms with Gasteiger partial charge in [-0.05, 0) is 37.5 Å². The molecule has 1 fully saturated rings. The van der Waals surface area contributed by atoms with Gasteiger partial charge in [-0.3, -0.25) is 4.84 Å². The van der Waals surface area contributed by atoms with Crippen LogP contribution in [0.3, 0.4) is 0 Å². The molecule has 1 aromatic carbocycles. The van der Waals surface area contributed by atoms with Crippen molar-refractivity contribution < 1.29 is 28.3 Å². The molecule has 0 unspecified atom stereocenters. The maximum atomic E-state index is 12.2. The van der Waals surface area contributed by atoms with Crippen molar-refractivity contribution in [2.24, 2.45) is 0 Å². The highest BCUT2D eigenvalue weighted by molar-refractivity contribution is 7.89. The molecule has 0 aromatic heterocycles. The lowest BCUT2D eigenvalue weighted by Crippen LogP contribution is -2.29. The Morgan fingerprint density at radius 1 is 1.33 bits per heavy atom. The Morgan fingerprint density at radius 2 is 1.95 bits per heavy atom. The van der Waals surface area contributed by atoms with Gasteiger partial charge in [-0.2, -0.15) is 0 Å². The molecule has 0 aliphatic heterocycles. The zero-order chi connectivity index (χ0) is 15.6. The number of phenols is 1. The monoisotopic (exact) mass is 315 g/mol. The Morgan fingerprint density at radius 3 is 2.52 bits per heavy atom. The number of carboxylic acid groups (broad SMARTS) is 1. The van der Waals surface area contributed by atoms with Crippen molar-refractivity contribution in [3.63, 3.8) is 0 Å². The van der Waals surface area contributed by atoms with Crippen LogP contribution in [0, 0.1) is 6.92 Å². The van der Waals surface area contributed by atoms with Gasteiger partial charge in [0.15, 0.2) is 0 Å². The Bertz CT molecular complexity index is 649. The van der Waals surface area contributed by atoms with Crippen molar-refractivity contribution in [3.05, 3.63) is 23.3 Å². The average molecular weight is 315 g/mol. The lowest BCUT2D eigenvalue weighted by molar-refractivity contribution is 0.0223. The molecule has 21 heavy (non-hydrogen) atoms. The van der Waals surface area contributed by atoms with Crippen LogP contribution in [0.25, 0.3) is 0 Å². The van der Waals surface area contributed by atoms with Gasteiger partial charge in [0.1, 0.15) is 11.3 Å². The number of sulfonamides is 1. The van der Waals surface area contributed by atoms with Crippen LogP contribution in [0.15, 0.2) is 17.0 Å². The van der Waals surface area contributed by atoms with Gasteiger partial charge in [0.05, 0.1) is 11.0 Å². The van der Waals surface area contributed by atoms with Crippen LogP contribution in [0.5, 0.6) is 5.75 Å². The average Bonchev–Trinajstić information content (AvgIpc) is 2.88. The molecule has 1 aliphatic rings. The zero-order valence-electron chi connectivity index (χ0n) is 11.5. The summed E-state index contributed by atoms with van der Waals surface area (Å²) in [5.74, 6) is -1.88. The predicted octanol–water partition coefficient (Wildman–Crippen LogP) is 1.55. The van der Waals surface area contributed by atoms with Crippen LogP contribution >= 0.6 is 0 Å². The van der Waals surface area contributed by atoms with Crippen molar-refractivity contribution in [2.75, 3.05) is 0 Å². The fourth-order valence-electron chi connectivity index (χ4n) is 2.32. The molecule has 7 nitrogen and oxygen atoms in total. The van der Waals surface area contributed by atoms with Crippen LogP contribution in [0.1, 0.15) is 41.6 Å². The quantitative estimate of drug-likeness (QED) is 0.711. The number of carbonyl (C=O) groups is 1. The number of aryl methyl sites for hydroxylation is 1. The van der Waals surface area contributed by atoms with Crippen molar-refractivity contribution in [3.8, 4) is 5.75 Å². The predicted molar refractivity (Wildman–Crippen MR) is 73.5 cm³/mol. The molecule has 0 radical (unpaired) electrons. The van der Waals surface area contributed by atoms with Gasteiger partial charge in [0.2, 0.25) is 0 Å². The summed E-state index contributed by atoms with van der Waals surface area (Å²) in [6.07, 6.45) is 3.41. The van der Waals surface area contributed by atoms with Gasteiger partial charge in [0.25, 0.3) is 10.0 Å².